The molecule has 28 nitrogen and oxygen atoms in total. The molecule has 0 radical (unpaired) electrons. The number of carbonyl (C=O) groups excluding carboxylic acids is 10. The average molecular weight is 1340 g/mol. The number of benzene rings is 4. The maximum absolute atomic E-state index is 14.8. The van der Waals surface area contributed by atoms with Crippen molar-refractivity contribution in [3.05, 3.63) is 129 Å². The Hall–Kier alpha value is -9.16. The van der Waals surface area contributed by atoms with Gasteiger partial charge in [-0.1, -0.05) is 74.9 Å². The molecule has 5 aliphatic heterocycles. The van der Waals surface area contributed by atoms with Crippen molar-refractivity contribution in [2.75, 3.05) is 70.6 Å². The molecule has 9 N–H and O–H groups in total. The van der Waals surface area contributed by atoms with Gasteiger partial charge in [0.25, 0.3) is 17.7 Å². The van der Waals surface area contributed by atoms with Crippen molar-refractivity contribution in [2.45, 2.75) is 146 Å². The predicted molar refractivity (Wildman–Crippen MR) is 344 cm³/mol. The number of unbranched alkanes of at least 4 members (excludes halogenated alkanes) is 2. The van der Waals surface area contributed by atoms with Crippen LogP contribution in [0.2, 0.25) is 0 Å². The lowest BCUT2D eigenvalue weighted by Gasteiger charge is -2.45. The number of aromatic hydroxyl groups is 2. The topological polar surface area (TPSA) is 374 Å². The number of phenols is 2. The molecule has 11 rings (SSSR count). The molecule has 8 amide bonds. The molecule has 28 heteroatoms. The van der Waals surface area contributed by atoms with Crippen LogP contribution in [-0.4, -0.2) is 208 Å². The Labute approximate surface area is 559 Å². The van der Waals surface area contributed by atoms with Crippen LogP contribution in [0.3, 0.4) is 0 Å². The number of ketones is 2. The lowest BCUT2D eigenvalue weighted by atomic mass is 9.72. The fourth-order valence-corrected chi connectivity index (χ4v) is 13.9. The van der Waals surface area contributed by atoms with Gasteiger partial charge in [-0.2, -0.15) is 0 Å². The molecule has 516 valence electrons. The Morgan fingerprint density at radius 1 is 0.763 bits per heavy atom. The van der Waals surface area contributed by atoms with E-state index >= 15 is 0 Å². The van der Waals surface area contributed by atoms with Crippen molar-refractivity contribution in [1.29, 1.82) is 0 Å². The number of hydrogen-bond acceptors (Lipinski definition) is 21. The van der Waals surface area contributed by atoms with Gasteiger partial charge in [-0.15, -0.1) is 0 Å². The van der Waals surface area contributed by atoms with Crippen LogP contribution in [0.4, 0.5) is 16.2 Å². The molecule has 0 spiro atoms. The van der Waals surface area contributed by atoms with Gasteiger partial charge in [-0.25, -0.2) is 4.79 Å². The summed E-state index contributed by atoms with van der Waals surface area (Å²) in [4.78, 5) is 140. The quantitative estimate of drug-likeness (QED) is 0.0202. The SMILES string of the molecule is CO[C@H]1OCCN2[C@@H]1O[C@@H]1[C@H](C)OC(O[C@H]3C[C@](O)(C(=O)N4CCN(C(=O)OCc5ccc(NC(=O)CNC(=O)[C@H](CC(C)C)NC(=O)[C@H](Cc6ccccc6)NC(=O)CCCCCN6C(=O)C=CC6=O)cc5)CC4)Cc4c(O)c5c(c(O)c43)C(=O)c3c(N)cccc3C5=O)C[C@@H]12. The van der Waals surface area contributed by atoms with Crippen molar-refractivity contribution in [2.24, 2.45) is 5.92 Å². The van der Waals surface area contributed by atoms with Crippen LogP contribution in [-0.2, 0) is 81.4 Å². The Morgan fingerprint density at radius 3 is 2.19 bits per heavy atom. The minimum absolute atomic E-state index is 0.00276. The number of nitrogens with zero attached hydrogens (tertiary/aromatic N) is 4. The monoisotopic (exact) mass is 1340 g/mol. The fourth-order valence-electron chi connectivity index (χ4n) is 13.9. The van der Waals surface area contributed by atoms with Crippen LogP contribution in [0.15, 0.2) is 84.9 Å². The second-order valence-corrected chi connectivity index (χ2v) is 25.9. The lowest BCUT2D eigenvalue weighted by molar-refractivity contribution is -0.256. The lowest BCUT2D eigenvalue weighted by Crippen LogP contribution is -2.59. The highest BCUT2D eigenvalue weighted by Gasteiger charge is 2.56. The van der Waals surface area contributed by atoms with Gasteiger partial charge in [0, 0.05) is 125 Å². The van der Waals surface area contributed by atoms with Crippen molar-refractivity contribution in [1.82, 2.24) is 35.6 Å². The first-order valence-electron chi connectivity index (χ1n) is 32.7. The highest BCUT2D eigenvalue weighted by Crippen LogP contribution is 2.53. The van der Waals surface area contributed by atoms with Gasteiger partial charge in [0.15, 0.2) is 30.4 Å². The maximum atomic E-state index is 14.8. The van der Waals surface area contributed by atoms with Crippen molar-refractivity contribution < 1.29 is 91.7 Å². The number of carbonyl (C=O) groups is 10. The van der Waals surface area contributed by atoms with E-state index in [0.717, 1.165) is 10.5 Å². The van der Waals surface area contributed by atoms with Gasteiger partial charge in [0.2, 0.25) is 23.6 Å². The molecule has 0 bridgehead atoms. The van der Waals surface area contributed by atoms with E-state index in [-0.39, 0.29) is 123 Å². The van der Waals surface area contributed by atoms with E-state index in [0.29, 0.717) is 43.7 Å². The number of nitrogens with one attached hydrogen (secondary N) is 4. The Bertz CT molecular complexity index is 3730. The van der Waals surface area contributed by atoms with E-state index in [1.54, 1.807) is 36.4 Å². The summed E-state index contributed by atoms with van der Waals surface area (Å²) in [5.74, 6) is -6.75. The fraction of sp³-hybridized carbons (Fsp3) is 0.478. The number of anilines is 2. The van der Waals surface area contributed by atoms with E-state index in [1.807, 2.05) is 39.0 Å². The Kier molecular flexibility index (Phi) is 21.2. The first kappa shape index (κ1) is 69.2. The van der Waals surface area contributed by atoms with Gasteiger partial charge < -0.3 is 80.5 Å². The number of nitrogens with two attached hydrogens (primary N) is 1. The standard InChI is InChI=1S/C69H81N9O19/c1-37(2)30-45(74-64(88)46(31-39-12-7-5-8-13-39)73-49(79)16-9-6-10-23-78-51(81)21-22-52(78)82)63(87)71-35-50(80)72-41-19-17-40(18-20-41)36-94-68(90)76-26-24-75(25-27-76)67(89)69(91)33-43-55(61(86)57-56(59(43)84)58(83)42-14-11-15-44(70)54(42)60(57)85)48(34-69)96-53-32-47-62(38(3)95-53)97-65-66(92-4)93-29-28-77(47)65/h5,7-8,11-15,17-22,37-38,45-48,53,62,65-66,84,86,91H,6,9-10,16,23-36,70H2,1-4H3,(H,71,87)(H,72,80)(H,73,79)(H,74,88)/t38-,45-,46-,47-,48-,53?,62+,65+,66-,69-/m0/s1. The maximum Gasteiger partial charge on any atom is 0.410 e. The highest BCUT2D eigenvalue weighted by atomic mass is 16.7. The van der Waals surface area contributed by atoms with Crippen LogP contribution in [0, 0.1) is 5.92 Å². The van der Waals surface area contributed by atoms with E-state index in [4.69, 9.17) is 34.2 Å². The number of methoxy groups -OCH3 is 1. The number of hydrogen-bond donors (Lipinski definition) is 8. The Balaban J connectivity index is 0.672. The minimum atomic E-state index is -2.33. The van der Waals surface area contributed by atoms with Gasteiger partial charge in [0.05, 0.1) is 42.0 Å². The summed E-state index contributed by atoms with van der Waals surface area (Å²) in [5, 5.41) is 48.0. The molecule has 0 aromatic heterocycles. The summed E-state index contributed by atoms with van der Waals surface area (Å²) >= 11 is 0. The molecular weight excluding hydrogens is 1260 g/mol. The molecule has 4 saturated heterocycles. The highest BCUT2D eigenvalue weighted by molar-refractivity contribution is 6.32. The third-order valence-corrected chi connectivity index (χ3v) is 18.7. The second kappa shape index (κ2) is 29.7. The zero-order chi connectivity index (χ0) is 69.0. The summed E-state index contributed by atoms with van der Waals surface area (Å²) in [6.45, 7) is 5.96. The largest absolute Gasteiger partial charge is 0.507 e. The van der Waals surface area contributed by atoms with Gasteiger partial charge in [0.1, 0.15) is 41.9 Å². The number of nitrogen functional groups attached to an aromatic ring is 1. The smallest absolute Gasteiger partial charge is 0.410 e. The van der Waals surface area contributed by atoms with E-state index in [2.05, 4.69) is 26.2 Å². The summed E-state index contributed by atoms with van der Waals surface area (Å²) in [5.41, 5.74) is 4.04. The van der Waals surface area contributed by atoms with Gasteiger partial charge in [-0.3, -0.25) is 53.0 Å². The number of amides is 8. The molecule has 5 heterocycles. The second-order valence-electron chi connectivity index (χ2n) is 25.9. The summed E-state index contributed by atoms with van der Waals surface area (Å²) in [6, 6.07) is 17.4. The summed E-state index contributed by atoms with van der Waals surface area (Å²) < 4.78 is 36.5. The molecule has 4 aromatic carbocycles. The van der Waals surface area contributed by atoms with Crippen molar-refractivity contribution in [3.8, 4) is 11.5 Å². The van der Waals surface area contributed by atoms with Crippen LogP contribution in [0.1, 0.15) is 126 Å². The third kappa shape index (κ3) is 15.0. The number of rotatable bonds is 23. The van der Waals surface area contributed by atoms with Crippen LogP contribution < -0.4 is 27.0 Å². The molecule has 4 fully saturated rings. The van der Waals surface area contributed by atoms with E-state index in [1.165, 1.54) is 47.3 Å². The molecular formula is C69H81N9O19. The number of ether oxygens (including phenoxy) is 6. The number of fused-ring (bicyclic) bond motifs is 6. The van der Waals surface area contributed by atoms with Gasteiger partial charge >= 0.3 is 6.09 Å². The van der Waals surface area contributed by atoms with Crippen molar-refractivity contribution >= 4 is 70.4 Å². The normalized spacial score (nSPS) is 24.1. The minimum Gasteiger partial charge on any atom is -0.507 e. The molecule has 2 aliphatic carbocycles. The first-order chi connectivity index (χ1) is 46.5. The molecule has 10 atom stereocenters. The zero-order valence-corrected chi connectivity index (χ0v) is 54.3. The number of imide groups is 1. The first-order valence-corrected chi connectivity index (χ1v) is 32.7. The van der Waals surface area contributed by atoms with E-state index < -0.39 is 138 Å². The van der Waals surface area contributed by atoms with Crippen LogP contribution in [0.25, 0.3) is 0 Å². The van der Waals surface area contributed by atoms with Crippen molar-refractivity contribution in [3.63, 3.8) is 0 Å². The molecule has 1 unspecified atom stereocenters. The van der Waals surface area contributed by atoms with Crippen LogP contribution >= 0.6 is 0 Å². The van der Waals surface area contributed by atoms with Gasteiger partial charge in [-0.05, 0) is 61.4 Å². The molecule has 97 heavy (non-hydrogen) atoms. The number of morpholine rings is 1. The average Bonchev–Trinajstić information content (AvgIpc) is 1.45. The Morgan fingerprint density at radius 2 is 1.47 bits per heavy atom. The molecule has 4 aromatic rings. The predicted octanol–water partition coefficient (Wildman–Crippen LogP) is 3.00. The molecule has 7 aliphatic rings. The number of phenolic OH excluding ortho intramolecular Hbond substituents is 2. The van der Waals surface area contributed by atoms with Crippen LogP contribution in [0.5, 0.6) is 11.5 Å². The summed E-state index contributed by atoms with van der Waals surface area (Å²) in [6.07, 6.45) is -1.78. The number of aliphatic hydroxyl groups is 1. The third-order valence-electron chi connectivity index (χ3n) is 18.7. The summed E-state index contributed by atoms with van der Waals surface area (Å²) in [7, 11) is 1.52. The van der Waals surface area contributed by atoms with E-state index in [9.17, 15) is 63.3 Å². The number of piperazine rings is 1. The molecule has 0 saturated carbocycles. The zero-order valence-electron chi connectivity index (χ0n) is 54.3.